The van der Waals surface area contributed by atoms with E-state index in [2.05, 4.69) is 29.7 Å². The molecule has 0 spiro atoms. The summed E-state index contributed by atoms with van der Waals surface area (Å²) in [7, 11) is 1.65. The van der Waals surface area contributed by atoms with Crippen molar-refractivity contribution in [2.75, 3.05) is 26.9 Å². The van der Waals surface area contributed by atoms with Crippen LogP contribution in [0.3, 0.4) is 0 Å². The molecular formula is C31H36ClN5O5. The fraction of sp³-hybridized carbons (Fsp3) is 0.419. The van der Waals surface area contributed by atoms with Crippen LogP contribution in [0.25, 0.3) is 11.1 Å². The number of hydrogen-bond donors (Lipinski definition) is 3. The molecule has 3 unspecified atom stereocenters. The molecule has 1 aromatic heterocycles. The van der Waals surface area contributed by atoms with E-state index in [1.165, 1.54) is 10.6 Å². The van der Waals surface area contributed by atoms with Gasteiger partial charge in [0, 0.05) is 42.0 Å². The van der Waals surface area contributed by atoms with E-state index >= 15 is 0 Å². The largest absolute Gasteiger partial charge is 0.376 e. The second-order valence-corrected chi connectivity index (χ2v) is 11.4. The number of ether oxygens (including phenoxy) is 3. The van der Waals surface area contributed by atoms with Crippen LogP contribution in [0, 0.1) is 11.3 Å². The first-order valence-electron chi connectivity index (χ1n) is 14.1. The molecule has 3 aliphatic rings. The standard InChI is InChI=1S/C31H36ClN5O5/c1-18(2)29-10-19-4-5-21(32)11-24(19)25-14-30(38)37(15-20(25)16-42-29)28(13-23-17-40-8-9-41-23)31(39)35-22-6-7-27(36-34-3)26(33)12-22/h4-7,11-12,14-15,18,23,28-29,33-34H,8-10,13,16-17H2,1-3H3,(H,35,39)/b33-26?,36-27-. The summed E-state index contributed by atoms with van der Waals surface area (Å²) in [6.07, 6.45) is 7.10. The van der Waals surface area contributed by atoms with Crippen molar-refractivity contribution >= 4 is 28.9 Å². The van der Waals surface area contributed by atoms with Crippen LogP contribution in [0.4, 0.5) is 0 Å². The van der Waals surface area contributed by atoms with E-state index < -0.39 is 11.9 Å². The number of nitrogens with one attached hydrogen (secondary N) is 3. The van der Waals surface area contributed by atoms with E-state index in [0.717, 1.165) is 22.3 Å². The fourth-order valence-electron chi connectivity index (χ4n) is 5.41. The van der Waals surface area contributed by atoms with E-state index in [1.54, 1.807) is 31.5 Å². The Morgan fingerprint density at radius 3 is 2.69 bits per heavy atom. The minimum atomic E-state index is -0.907. The van der Waals surface area contributed by atoms with Crippen LogP contribution < -0.4 is 16.3 Å². The topological polar surface area (TPSA) is 127 Å². The molecule has 11 heteroatoms. The number of amides is 1. The average molecular weight is 594 g/mol. The van der Waals surface area contributed by atoms with Crippen molar-refractivity contribution in [2.24, 2.45) is 11.0 Å². The van der Waals surface area contributed by atoms with Gasteiger partial charge in [0.15, 0.2) is 0 Å². The second-order valence-electron chi connectivity index (χ2n) is 10.9. The molecule has 1 saturated heterocycles. The maximum atomic E-state index is 13.8. The lowest BCUT2D eigenvalue weighted by atomic mass is 9.89. The summed E-state index contributed by atoms with van der Waals surface area (Å²) < 4.78 is 19.3. The summed E-state index contributed by atoms with van der Waals surface area (Å²) in [5.74, 6) is -0.128. The molecule has 3 N–H and O–H groups in total. The number of pyridine rings is 1. The molecule has 1 aliphatic carbocycles. The Balaban J connectivity index is 1.53. The van der Waals surface area contributed by atoms with Gasteiger partial charge < -0.3 is 29.5 Å². The molecule has 222 valence electrons. The van der Waals surface area contributed by atoms with Crippen LogP contribution in [-0.4, -0.2) is 61.0 Å². The Morgan fingerprint density at radius 1 is 1.17 bits per heavy atom. The number of carbonyl (C=O) groups is 1. The third-order valence-electron chi connectivity index (χ3n) is 7.65. The molecule has 2 aromatic rings. The lowest BCUT2D eigenvalue weighted by Crippen LogP contribution is -2.41. The van der Waals surface area contributed by atoms with Gasteiger partial charge in [-0.3, -0.25) is 15.0 Å². The summed E-state index contributed by atoms with van der Waals surface area (Å²) in [5.41, 5.74) is 6.83. The molecule has 1 fully saturated rings. The Bertz CT molecular complexity index is 1510. The zero-order valence-corrected chi connectivity index (χ0v) is 24.7. The van der Waals surface area contributed by atoms with Gasteiger partial charge in [0.1, 0.15) is 11.8 Å². The number of hydrogen-bond acceptors (Lipinski definition) is 8. The van der Waals surface area contributed by atoms with Gasteiger partial charge in [-0.05, 0) is 59.4 Å². The number of fused-ring (bicyclic) bond motifs is 3. The van der Waals surface area contributed by atoms with Crippen LogP contribution in [0.15, 0.2) is 64.3 Å². The maximum Gasteiger partial charge on any atom is 0.251 e. The summed E-state index contributed by atoms with van der Waals surface area (Å²) in [4.78, 5) is 27.6. The third kappa shape index (κ3) is 6.73. The van der Waals surface area contributed by atoms with Crippen LogP contribution in [-0.2, 0) is 32.0 Å². The van der Waals surface area contributed by atoms with Gasteiger partial charge in [-0.1, -0.05) is 31.5 Å². The van der Waals surface area contributed by atoms with Crippen LogP contribution in [0.2, 0.25) is 5.02 Å². The average Bonchev–Trinajstić information content (AvgIpc) is 2.96. The summed E-state index contributed by atoms with van der Waals surface area (Å²) >= 11 is 6.41. The van der Waals surface area contributed by atoms with Gasteiger partial charge >= 0.3 is 0 Å². The number of aromatic nitrogens is 1. The number of rotatable bonds is 7. The first-order chi connectivity index (χ1) is 20.2. The Morgan fingerprint density at radius 2 is 1.98 bits per heavy atom. The van der Waals surface area contributed by atoms with Gasteiger partial charge in [-0.2, -0.15) is 5.10 Å². The van der Waals surface area contributed by atoms with E-state index in [0.29, 0.717) is 42.7 Å². The SMILES string of the molecule is CN/N=C1/C=CC(NC(=O)C(CC2COCCO2)n2cc3c(cc2=O)-c2cc(Cl)ccc2CC(C(C)C)OC3)=CC1=N. The van der Waals surface area contributed by atoms with Gasteiger partial charge in [0.05, 0.1) is 44.3 Å². The molecule has 10 nitrogen and oxygen atoms in total. The Kier molecular flexibility index (Phi) is 9.37. The predicted octanol–water partition coefficient (Wildman–Crippen LogP) is 3.78. The molecule has 3 atom stereocenters. The van der Waals surface area contributed by atoms with Crippen LogP contribution in [0.5, 0.6) is 0 Å². The zero-order chi connectivity index (χ0) is 29.8. The van der Waals surface area contributed by atoms with Crippen molar-refractivity contribution in [3.8, 4) is 11.1 Å². The first kappa shape index (κ1) is 29.9. The molecule has 0 radical (unpaired) electrons. The second kappa shape index (κ2) is 13.2. The number of nitrogens with zero attached hydrogens (tertiary/aromatic N) is 2. The molecule has 42 heavy (non-hydrogen) atoms. The van der Waals surface area contributed by atoms with Crippen molar-refractivity contribution in [1.29, 1.82) is 5.41 Å². The van der Waals surface area contributed by atoms with Crippen molar-refractivity contribution in [3.05, 3.63) is 80.9 Å². The molecule has 2 aliphatic heterocycles. The number of benzene rings is 1. The minimum absolute atomic E-state index is 0.0259. The highest BCUT2D eigenvalue weighted by Gasteiger charge is 2.30. The number of allylic oxidation sites excluding steroid dienone is 3. The van der Waals surface area contributed by atoms with Crippen molar-refractivity contribution in [3.63, 3.8) is 0 Å². The zero-order valence-electron chi connectivity index (χ0n) is 24.0. The molecule has 1 aromatic carbocycles. The first-order valence-corrected chi connectivity index (χ1v) is 14.5. The fourth-order valence-corrected chi connectivity index (χ4v) is 5.58. The lowest BCUT2D eigenvalue weighted by molar-refractivity contribution is -0.128. The van der Waals surface area contributed by atoms with E-state index in [1.807, 2.05) is 18.2 Å². The molecule has 0 saturated carbocycles. The number of carbonyl (C=O) groups excluding carboxylic acids is 1. The monoisotopic (exact) mass is 593 g/mol. The van der Waals surface area contributed by atoms with Gasteiger partial charge in [-0.15, -0.1) is 0 Å². The lowest BCUT2D eigenvalue weighted by Gasteiger charge is -2.30. The molecule has 5 rings (SSSR count). The summed E-state index contributed by atoms with van der Waals surface area (Å²) in [5, 5.41) is 15.8. The molecular weight excluding hydrogens is 558 g/mol. The van der Waals surface area contributed by atoms with Crippen molar-refractivity contribution < 1.29 is 19.0 Å². The van der Waals surface area contributed by atoms with E-state index in [4.69, 9.17) is 31.2 Å². The normalized spacial score (nSPS) is 22.1. The molecule has 1 amide bonds. The highest BCUT2D eigenvalue weighted by atomic mass is 35.5. The maximum absolute atomic E-state index is 13.8. The quantitative estimate of drug-likeness (QED) is 0.331. The van der Waals surface area contributed by atoms with Gasteiger partial charge in [0.2, 0.25) is 5.91 Å². The van der Waals surface area contributed by atoms with Crippen molar-refractivity contribution in [1.82, 2.24) is 15.3 Å². The smallest absolute Gasteiger partial charge is 0.251 e. The van der Waals surface area contributed by atoms with Gasteiger partial charge in [0.25, 0.3) is 5.56 Å². The van der Waals surface area contributed by atoms with Crippen LogP contribution >= 0.6 is 11.6 Å². The minimum Gasteiger partial charge on any atom is -0.376 e. The highest BCUT2D eigenvalue weighted by molar-refractivity contribution is 6.50. The molecule has 3 heterocycles. The summed E-state index contributed by atoms with van der Waals surface area (Å²) in [6, 6.07) is 6.40. The number of hydrazone groups is 1. The highest BCUT2D eigenvalue weighted by Crippen LogP contribution is 2.34. The number of halogens is 1. The van der Waals surface area contributed by atoms with E-state index in [9.17, 15) is 9.59 Å². The van der Waals surface area contributed by atoms with Crippen molar-refractivity contribution in [2.45, 2.75) is 51.5 Å². The Labute approximate surface area is 249 Å². The predicted molar refractivity (Wildman–Crippen MR) is 162 cm³/mol. The van der Waals surface area contributed by atoms with Gasteiger partial charge in [-0.25, -0.2) is 0 Å². The third-order valence-corrected chi connectivity index (χ3v) is 7.88. The molecule has 0 bridgehead atoms. The van der Waals surface area contributed by atoms with Crippen LogP contribution in [0.1, 0.15) is 37.4 Å². The van der Waals surface area contributed by atoms with E-state index in [-0.39, 0.29) is 42.4 Å². The summed E-state index contributed by atoms with van der Waals surface area (Å²) in [6.45, 7) is 5.75. The Hall–Kier alpha value is -3.57.